The molecule has 0 amide bonds. The second-order valence-electron chi connectivity index (χ2n) is 4.87. The monoisotopic (exact) mass is 277 g/mol. The summed E-state index contributed by atoms with van der Waals surface area (Å²) in [4.78, 5) is 1.45. The lowest BCUT2D eigenvalue weighted by Gasteiger charge is -2.16. The fourth-order valence-electron chi connectivity index (χ4n) is 2.20. The first-order chi connectivity index (χ1) is 9.69. The Morgan fingerprint density at radius 1 is 1.30 bits per heavy atom. The van der Waals surface area contributed by atoms with Crippen LogP contribution in [0, 0.1) is 11.7 Å². The van der Waals surface area contributed by atoms with E-state index in [0.717, 1.165) is 18.7 Å². The SMILES string of the molecule is CCNCC(Cc1nnn(C)n1)Cc1ccccc1F. The van der Waals surface area contributed by atoms with Crippen LogP contribution in [-0.2, 0) is 19.9 Å². The van der Waals surface area contributed by atoms with Gasteiger partial charge in [0.2, 0.25) is 0 Å². The third kappa shape index (κ3) is 4.09. The highest BCUT2D eigenvalue weighted by Gasteiger charge is 2.15. The first-order valence-electron chi connectivity index (χ1n) is 6.86. The molecule has 1 aromatic heterocycles. The number of nitrogens with zero attached hydrogens (tertiary/aromatic N) is 4. The molecule has 0 saturated heterocycles. The molecule has 1 aromatic carbocycles. The van der Waals surface area contributed by atoms with Crippen LogP contribution in [0.3, 0.4) is 0 Å². The summed E-state index contributed by atoms with van der Waals surface area (Å²) in [5.41, 5.74) is 0.735. The van der Waals surface area contributed by atoms with Gasteiger partial charge in [0.15, 0.2) is 5.82 Å². The normalized spacial score (nSPS) is 12.6. The number of tetrazole rings is 1. The van der Waals surface area contributed by atoms with Crippen molar-refractivity contribution in [2.24, 2.45) is 13.0 Å². The van der Waals surface area contributed by atoms with Crippen LogP contribution in [0.15, 0.2) is 24.3 Å². The van der Waals surface area contributed by atoms with Crippen LogP contribution in [0.4, 0.5) is 4.39 Å². The molecule has 0 radical (unpaired) electrons. The van der Waals surface area contributed by atoms with Crippen molar-refractivity contribution in [3.05, 3.63) is 41.5 Å². The maximum Gasteiger partial charge on any atom is 0.175 e. The van der Waals surface area contributed by atoms with Gasteiger partial charge in [0, 0.05) is 6.42 Å². The minimum absolute atomic E-state index is 0.152. The van der Waals surface area contributed by atoms with Gasteiger partial charge in [0.1, 0.15) is 5.82 Å². The van der Waals surface area contributed by atoms with Crippen molar-refractivity contribution in [2.75, 3.05) is 13.1 Å². The third-order valence-electron chi connectivity index (χ3n) is 3.17. The van der Waals surface area contributed by atoms with Gasteiger partial charge in [0.05, 0.1) is 7.05 Å². The minimum Gasteiger partial charge on any atom is -0.317 e. The quantitative estimate of drug-likeness (QED) is 0.830. The molecule has 0 bridgehead atoms. The van der Waals surface area contributed by atoms with Crippen molar-refractivity contribution in [3.8, 4) is 0 Å². The summed E-state index contributed by atoms with van der Waals surface area (Å²) < 4.78 is 13.7. The Kier molecular flexibility index (Phi) is 5.17. The highest BCUT2D eigenvalue weighted by Crippen LogP contribution is 2.15. The third-order valence-corrected chi connectivity index (χ3v) is 3.17. The van der Waals surface area contributed by atoms with Crippen molar-refractivity contribution in [2.45, 2.75) is 19.8 Å². The summed E-state index contributed by atoms with van der Waals surface area (Å²) in [6.45, 7) is 3.76. The van der Waals surface area contributed by atoms with Gasteiger partial charge in [-0.15, -0.1) is 10.2 Å². The summed E-state index contributed by atoms with van der Waals surface area (Å²) in [5, 5.41) is 15.3. The van der Waals surface area contributed by atoms with Gasteiger partial charge in [-0.1, -0.05) is 25.1 Å². The van der Waals surface area contributed by atoms with E-state index in [-0.39, 0.29) is 11.7 Å². The van der Waals surface area contributed by atoms with E-state index in [1.807, 2.05) is 12.1 Å². The van der Waals surface area contributed by atoms with Crippen molar-refractivity contribution in [3.63, 3.8) is 0 Å². The lowest BCUT2D eigenvalue weighted by Crippen LogP contribution is -2.26. The van der Waals surface area contributed by atoms with Gasteiger partial charge < -0.3 is 5.32 Å². The van der Waals surface area contributed by atoms with Gasteiger partial charge in [-0.25, -0.2) is 4.39 Å². The molecule has 0 aliphatic rings. The van der Waals surface area contributed by atoms with E-state index in [4.69, 9.17) is 0 Å². The van der Waals surface area contributed by atoms with E-state index in [1.54, 1.807) is 13.1 Å². The van der Waals surface area contributed by atoms with Crippen molar-refractivity contribution >= 4 is 0 Å². The standard InChI is InChI=1S/C14H20FN5/c1-3-16-10-11(9-14-17-19-20(2)18-14)8-12-6-4-5-7-13(12)15/h4-7,11,16H,3,8-10H2,1-2H3. The maximum atomic E-state index is 13.7. The molecular formula is C14H20FN5. The van der Waals surface area contributed by atoms with E-state index >= 15 is 0 Å². The zero-order valence-corrected chi connectivity index (χ0v) is 11.9. The number of benzene rings is 1. The number of rotatable bonds is 7. The molecule has 0 spiro atoms. The molecule has 0 saturated carbocycles. The fraction of sp³-hybridized carbons (Fsp3) is 0.500. The molecule has 108 valence electrons. The minimum atomic E-state index is -0.152. The predicted molar refractivity (Wildman–Crippen MR) is 74.6 cm³/mol. The van der Waals surface area contributed by atoms with Gasteiger partial charge in [0.25, 0.3) is 0 Å². The molecule has 2 rings (SSSR count). The lowest BCUT2D eigenvalue weighted by molar-refractivity contribution is 0.457. The number of aromatic nitrogens is 4. The summed E-state index contributed by atoms with van der Waals surface area (Å²) in [5.74, 6) is 0.795. The van der Waals surface area contributed by atoms with Crippen LogP contribution in [0.1, 0.15) is 18.3 Å². The Hall–Kier alpha value is -1.82. The molecule has 5 nitrogen and oxygen atoms in total. The van der Waals surface area contributed by atoms with E-state index in [2.05, 4.69) is 27.7 Å². The number of aryl methyl sites for hydroxylation is 1. The van der Waals surface area contributed by atoms with Crippen LogP contribution >= 0.6 is 0 Å². The van der Waals surface area contributed by atoms with Crippen molar-refractivity contribution < 1.29 is 4.39 Å². The Bertz CT molecular complexity index is 540. The Labute approximate surface area is 118 Å². The van der Waals surface area contributed by atoms with Gasteiger partial charge in [-0.05, 0) is 42.3 Å². The molecule has 1 unspecified atom stereocenters. The second-order valence-corrected chi connectivity index (χ2v) is 4.87. The number of hydrogen-bond acceptors (Lipinski definition) is 4. The lowest BCUT2D eigenvalue weighted by atomic mass is 9.95. The van der Waals surface area contributed by atoms with E-state index in [9.17, 15) is 4.39 Å². The molecule has 0 aliphatic carbocycles. The molecule has 2 aromatic rings. The Balaban J connectivity index is 2.05. The zero-order chi connectivity index (χ0) is 14.4. The van der Waals surface area contributed by atoms with Crippen LogP contribution in [-0.4, -0.2) is 33.3 Å². The van der Waals surface area contributed by atoms with Crippen molar-refractivity contribution in [1.29, 1.82) is 0 Å². The number of nitrogens with one attached hydrogen (secondary N) is 1. The first kappa shape index (κ1) is 14.6. The average molecular weight is 277 g/mol. The molecule has 1 atom stereocenters. The summed E-state index contributed by atoms with van der Waals surface area (Å²) in [7, 11) is 1.74. The topological polar surface area (TPSA) is 55.6 Å². The first-order valence-corrected chi connectivity index (χ1v) is 6.86. The average Bonchev–Trinajstić information content (AvgIpc) is 2.84. The second kappa shape index (κ2) is 7.09. The molecular weight excluding hydrogens is 257 g/mol. The Morgan fingerprint density at radius 2 is 2.10 bits per heavy atom. The van der Waals surface area contributed by atoms with Gasteiger partial charge in [-0.3, -0.25) is 0 Å². The van der Waals surface area contributed by atoms with Crippen LogP contribution in [0.5, 0.6) is 0 Å². The molecule has 20 heavy (non-hydrogen) atoms. The fourth-order valence-corrected chi connectivity index (χ4v) is 2.20. The maximum absolute atomic E-state index is 13.7. The molecule has 6 heteroatoms. The highest BCUT2D eigenvalue weighted by molar-refractivity contribution is 5.18. The van der Waals surface area contributed by atoms with Crippen LogP contribution in [0.2, 0.25) is 0 Å². The summed E-state index contributed by atoms with van der Waals surface area (Å²) in [6.07, 6.45) is 1.35. The number of halogens is 1. The smallest absolute Gasteiger partial charge is 0.175 e. The molecule has 1 heterocycles. The molecule has 0 fully saturated rings. The molecule has 0 aliphatic heterocycles. The number of hydrogen-bond donors (Lipinski definition) is 1. The summed E-state index contributed by atoms with van der Waals surface area (Å²) in [6, 6.07) is 6.91. The van der Waals surface area contributed by atoms with Crippen LogP contribution < -0.4 is 5.32 Å². The van der Waals surface area contributed by atoms with Crippen molar-refractivity contribution in [1.82, 2.24) is 25.5 Å². The molecule has 1 N–H and O–H groups in total. The predicted octanol–water partition coefficient (Wildman–Crippen LogP) is 1.36. The zero-order valence-electron chi connectivity index (χ0n) is 11.9. The van der Waals surface area contributed by atoms with E-state index in [1.165, 1.54) is 10.9 Å². The van der Waals surface area contributed by atoms with Gasteiger partial charge in [-0.2, -0.15) is 4.80 Å². The largest absolute Gasteiger partial charge is 0.317 e. The van der Waals surface area contributed by atoms with Crippen LogP contribution in [0.25, 0.3) is 0 Å². The van der Waals surface area contributed by atoms with E-state index < -0.39 is 0 Å². The van der Waals surface area contributed by atoms with Gasteiger partial charge >= 0.3 is 0 Å². The Morgan fingerprint density at radius 3 is 2.75 bits per heavy atom. The summed E-state index contributed by atoms with van der Waals surface area (Å²) >= 11 is 0. The highest BCUT2D eigenvalue weighted by atomic mass is 19.1. The van der Waals surface area contributed by atoms with E-state index in [0.29, 0.717) is 18.7 Å².